The van der Waals surface area contributed by atoms with Crippen molar-refractivity contribution >= 4 is 17.7 Å². The maximum atomic E-state index is 14.6. The second-order valence-corrected chi connectivity index (χ2v) is 12.6. The average molecular weight is 595 g/mol. The minimum atomic E-state index is -0.932. The van der Waals surface area contributed by atoms with Crippen LogP contribution in [0.5, 0.6) is 5.75 Å². The second-order valence-electron chi connectivity index (χ2n) is 12.6. The highest BCUT2D eigenvalue weighted by molar-refractivity contribution is 6.39. The number of likely N-dealkylation sites (tertiary alicyclic amines) is 2. The first-order chi connectivity index (χ1) is 20.7. The molecule has 0 saturated carbocycles. The molecule has 0 bridgehead atoms. The van der Waals surface area contributed by atoms with Gasteiger partial charge >= 0.3 is 0 Å². The Labute approximate surface area is 255 Å². The number of rotatable bonds is 15. The molecule has 6 nitrogen and oxygen atoms in total. The summed E-state index contributed by atoms with van der Waals surface area (Å²) in [6.07, 6.45) is 9.12. The predicted molar refractivity (Wildman–Crippen MR) is 169 cm³/mol. The Morgan fingerprint density at radius 3 is 2.44 bits per heavy atom. The Morgan fingerprint density at radius 2 is 1.77 bits per heavy atom. The van der Waals surface area contributed by atoms with E-state index < -0.39 is 17.0 Å². The number of nitrogens with one attached hydrogen (secondary N) is 2. The normalized spacial score (nSPS) is 18.3. The quantitative estimate of drug-likeness (QED) is 0.218. The van der Waals surface area contributed by atoms with E-state index in [1.807, 2.05) is 38.1 Å². The number of carbonyl (C=O) groups excluding carboxylic acids is 1. The minimum Gasteiger partial charge on any atom is -0.491 e. The number of hydrogen-bond acceptors (Lipinski definition) is 6. The topological polar surface area (TPSA) is 80.5 Å². The van der Waals surface area contributed by atoms with Crippen LogP contribution in [0.3, 0.4) is 0 Å². The van der Waals surface area contributed by atoms with Crippen molar-refractivity contribution in [2.45, 2.75) is 95.6 Å². The van der Waals surface area contributed by atoms with Crippen LogP contribution in [0.4, 0.5) is 8.78 Å². The molecule has 2 aromatic carbocycles. The van der Waals surface area contributed by atoms with Gasteiger partial charge in [0.25, 0.3) is 0 Å². The predicted octanol–water partition coefficient (Wildman–Crippen LogP) is 6.98. The maximum Gasteiger partial charge on any atom is 0.180 e. The third kappa shape index (κ3) is 9.26. The van der Waals surface area contributed by atoms with Crippen molar-refractivity contribution in [3.63, 3.8) is 0 Å². The fourth-order valence-electron chi connectivity index (χ4n) is 6.76. The van der Waals surface area contributed by atoms with Crippen molar-refractivity contribution in [1.29, 1.82) is 10.8 Å². The van der Waals surface area contributed by atoms with Crippen molar-refractivity contribution in [2.75, 3.05) is 32.7 Å². The van der Waals surface area contributed by atoms with Crippen molar-refractivity contribution in [3.8, 4) is 5.75 Å². The number of ketones is 1. The second kappa shape index (κ2) is 15.7. The summed E-state index contributed by atoms with van der Waals surface area (Å²) in [5.41, 5.74) is 0.544. The summed E-state index contributed by atoms with van der Waals surface area (Å²) in [6, 6.07) is 12.0. The van der Waals surface area contributed by atoms with E-state index in [1.165, 1.54) is 44.6 Å². The van der Waals surface area contributed by atoms with Crippen LogP contribution in [0.1, 0.15) is 82.8 Å². The van der Waals surface area contributed by atoms with Gasteiger partial charge in [-0.15, -0.1) is 0 Å². The standard InChI is InChI=1S/C35H48F2N4O2/c1-26(2)43-30-9-6-8-27(22-30)23-34(42)33(39)25-35(14-7-16-38,28-10-11-31(36)32(37)24-28)15-21-40-19-12-29(13-20-40)41-17-4-3-5-18-41/h6,8-11,16,22,24,26,29,38-39H,3-5,7,12-15,17-21,23,25H2,1-2H3/t35-/m0/s1. The van der Waals surface area contributed by atoms with Gasteiger partial charge in [-0.25, -0.2) is 8.78 Å². The summed E-state index contributed by atoms with van der Waals surface area (Å²) in [5, 5.41) is 16.6. The van der Waals surface area contributed by atoms with Crippen molar-refractivity contribution in [1.82, 2.24) is 9.80 Å². The smallest absolute Gasteiger partial charge is 0.180 e. The summed E-state index contributed by atoms with van der Waals surface area (Å²) in [6.45, 7) is 8.96. The van der Waals surface area contributed by atoms with Crippen LogP contribution in [0, 0.1) is 22.5 Å². The van der Waals surface area contributed by atoms with E-state index in [1.54, 1.807) is 6.07 Å². The number of benzene rings is 2. The van der Waals surface area contributed by atoms with Gasteiger partial charge in [0.05, 0.1) is 11.8 Å². The molecule has 1 atom stereocenters. The van der Waals surface area contributed by atoms with E-state index in [-0.39, 0.29) is 30.4 Å². The van der Waals surface area contributed by atoms with Gasteiger partial charge in [0.2, 0.25) is 0 Å². The SMILES string of the molecule is CC(C)Oc1cccc(CC(=O)C(=N)C[C@](CCC=N)(CCN2CCC(N3CCCCC3)CC2)c2ccc(F)c(F)c2)c1. The van der Waals surface area contributed by atoms with Crippen LogP contribution in [-0.4, -0.2) is 72.4 Å². The third-order valence-electron chi connectivity index (χ3n) is 9.16. The van der Waals surface area contributed by atoms with Crippen LogP contribution >= 0.6 is 0 Å². The van der Waals surface area contributed by atoms with E-state index >= 15 is 0 Å². The summed E-state index contributed by atoms with van der Waals surface area (Å²) >= 11 is 0. The van der Waals surface area contributed by atoms with Crippen LogP contribution in [0.2, 0.25) is 0 Å². The molecule has 2 heterocycles. The first-order valence-electron chi connectivity index (χ1n) is 16.0. The number of nitrogens with zero attached hydrogens (tertiary/aromatic N) is 2. The third-order valence-corrected chi connectivity index (χ3v) is 9.16. The fraction of sp³-hybridized carbons (Fsp3) is 0.571. The Morgan fingerprint density at radius 1 is 1.02 bits per heavy atom. The average Bonchev–Trinajstić information content (AvgIpc) is 3.00. The highest BCUT2D eigenvalue weighted by Crippen LogP contribution is 2.38. The lowest BCUT2D eigenvalue weighted by atomic mass is 9.69. The summed E-state index contributed by atoms with van der Waals surface area (Å²) in [7, 11) is 0. The Balaban J connectivity index is 1.50. The van der Waals surface area contributed by atoms with Gasteiger partial charge in [-0.05, 0) is 133 Å². The number of piperidine rings is 2. The Hall–Kier alpha value is -2.97. The monoisotopic (exact) mass is 594 g/mol. The van der Waals surface area contributed by atoms with E-state index in [9.17, 15) is 13.6 Å². The lowest BCUT2D eigenvalue weighted by Gasteiger charge is -2.42. The molecule has 0 radical (unpaired) electrons. The van der Waals surface area contributed by atoms with Gasteiger partial charge in [-0.2, -0.15) is 0 Å². The maximum absolute atomic E-state index is 14.6. The van der Waals surface area contributed by atoms with E-state index in [0.29, 0.717) is 36.6 Å². The highest BCUT2D eigenvalue weighted by Gasteiger charge is 2.36. The molecule has 0 amide bonds. The van der Waals surface area contributed by atoms with Gasteiger partial charge in [-0.1, -0.05) is 24.6 Å². The number of halogens is 2. The molecule has 2 aliphatic heterocycles. The zero-order valence-electron chi connectivity index (χ0n) is 25.8. The summed E-state index contributed by atoms with van der Waals surface area (Å²) < 4.78 is 34.4. The highest BCUT2D eigenvalue weighted by atomic mass is 19.2. The molecule has 2 aromatic rings. The van der Waals surface area contributed by atoms with E-state index in [4.69, 9.17) is 15.6 Å². The Bertz CT molecular complexity index is 1240. The molecule has 0 aromatic heterocycles. The van der Waals surface area contributed by atoms with Crippen molar-refractivity contribution in [3.05, 3.63) is 65.2 Å². The van der Waals surface area contributed by atoms with E-state index in [0.717, 1.165) is 44.1 Å². The molecule has 43 heavy (non-hydrogen) atoms. The van der Waals surface area contributed by atoms with Crippen LogP contribution in [0.15, 0.2) is 42.5 Å². The zero-order valence-corrected chi connectivity index (χ0v) is 25.8. The molecule has 2 N–H and O–H groups in total. The first-order valence-corrected chi connectivity index (χ1v) is 16.0. The van der Waals surface area contributed by atoms with Crippen molar-refractivity contribution < 1.29 is 18.3 Å². The molecular weight excluding hydrogens is 546 g/mol. The minimum absolute atomic E-state index is 0.00497. The molecule has 4 rings (SSSR count). The van der Waals surface area contributed by atoms with Crippen LogP contribution in [-0.2, 0) is 16.6 Å². The zero-order chi connectivity index (χ0) is 30.8. The molecular formula is C35H48F2N4O2. The number of ether oxygens (including phenoxy) is 1. The first kappa shape index (κ1) is 32.9. The molecule has 2 saturated heterocycles. The largest absolute Gasteiger partial charge is 0.491 e. The molecule has 2 fully saturated rings. The van der Waals surface area contributed by atoms with Gasteiger partial charge in [0.1, 0.15) is 5.75 Å². The van der Waals surface area contributed by atoms with Gasteiger partial charge in [0.15, 0.2) is 17.4 Å². The summed E-state index contributed by atoms with van der Waals surface area (Å²) in [5.74, 6) is -1.47. The summed E-state index contributed by atoms with van der Waals surface area (Å²) in [4.78, 5) is 18.5. The lowest BCUT2D eigenvalue weighted by Crippen LogP contribution is -2.47. The lowest BCUT2D eigenvalue weighted by molar-refractivity contribution is -0.112. The van der Waals surface area contributed by atoms with Crippen LogP contribution in [0.25, 0.3) is 0 Å². The van der Waals surface area contributed by atoms with Crippen molar-refractivity contribution in [2.24, 2.45) is 0 Å². The van der Waals surface area contributed by atoms with E-state index in [2.05, 4.69) is 9.80 Å². The molecule has 234 valence electrons. The van der Waals surface area contributed by atoms with Gasteiger partial charge in [0, 0.05) is 24.3 Å². The molecule has 2 aliphatic rings. The van der Waals surface area contributed by atoms with Gasteiger partial charge in [-0.3, -0.25) is 4.79 Å². The number of Topliss-reactive ketones (excluding diaryl/α,β-unsaturated/α-hetero) is 1. The van der Waals surface area contributed by atoms with Crippen LogP contribution < -0.4 is 4.74 Å². The fourth-order valence-corrected chi connectivity index (χ4v) is 6.76. The Kier molecular flexibility index (Phi) is 12.0. The molecule has 0 unspecified atom stereocenters. The molecule has 0 spiro atoms. The molecule has 8 heteroatoms. The molecule has 0 aliphatic carbocycles. The number of carbonyl (C=O) groups is 1. The number of hydrogen-bond donors (Lipinski definition) is 2. The van der Waals surface area contributed by atoms with Gasteiger partial charge < -0.3 is 25.4 Å².